The van der Waals surface area contributed by atoms with Gasteiger partial charge in [0.2, 0.25) is 0 Å². The summed E-state index contributed by atoms with van der Waals surface area (Å²) in [4.78, 5) is 9.75. The van der Waals surface area contributed by atoms with Crippen LogP contribution in [0, 0.1) is 0 Å². The van der Waals surface area contributed by atoms with Crippen LogP contribution in [0.2, 0.25) is 2.82 Å². The van der Waals surface area contributed by atoms with Crippen LogP contribution in [0.15, 0.2) is 0 Å². The maximum atomic E-state index is 9.75. The topological polar surface area (TPSA) is 66.2 Å². The first-order chi connectivity index (χ1) is 3.55. The molecule has 0 aromatic carbocycles. The monoisotopic (exact) mass is 97.1 g/mol. The summed E-state index contributed by atoms with van der Waals surface area (Å²) in [5.41, 5.74) is 0.0787. The minimum Gasteiger partial charge on any atom is -0.548 e. The predicted molar refractivity (Wildman–Crippen MR) is 18.7 cm³/mol. The van der Waals surface area contributed by atoms with Crippen molar-refractivity contribution in [1.82, 2.24) is 0 Å². The van der Waals surface area contributed by atoms with E-state index in [1.807, 2.05) is 0 Å². The fraction of sp³-hybridized carbons (Fsp3) is 0.667. The van der Waals surface area contributed by atoms with Gasteiger partial charge in [0.15, 0.2) is 0 Å². The van der Waals surface area contributed by atoms with Crippen molar-refractivity contribution in [1.29, 1.82) is 0 Å². The van der Waals surface area contributed by atoms with E-state index in [1.165, 1.54) is 6.92 Å². The molecule has 0 aromatic rings. The number of hydrogen-bond acceptors (Lipinski definition) is 3. The van der Waals surface area contributed by atoms with E-state index in [2.05, 4.69) is 0 Å². The number of carbonyl (C=O) groups excluding carboxylic acids is 1. The number of nitrogens with two attached hydrogens (primary N) is 1. The number of rotatable bonds is 2. The maximum absolute atomic E-state index is 9.75. The predicted octanol–water partition coefficient (Wildman–Crippen LogP) is -4.91. The first-order valence-electron chi connectivity index (χ1n) is 2.43. The summed E-state index contributed by atoms with van der Waals surface area (Å²) in [6, 6.07) is -1.16. The Morgan fingerprint density at radius 3 is 2.57 bits per heavy atom. The Morgan fingerprint density at radius 1 is 2.14 bits per heavy atom. The number of carbonyl (C=O) groups is 1. The molecule has 0 aliphatic heterocycles. The molecule has 0 aromatic heterocycles. The second-order valence-corrected chi connectivity index (χ2v) is 0.995. The third-order valence-electron chi connectivity index (χ3n) is 0.341. The van der Waals surface area contributed by atoms with Crippen LogP contribution in [0.1, 0.15) is 6.92 Å². The molecule has 0 heterocycles. The molecule has 3 nitrogen and oxygen atoms in total. The minimum absolute atomic E-state index is 0. The van der Waals surface area contributed by atoms with Gasteiger partial charge in [-0.2, -0.15) is 0 Å². The molecule has 7 heavy (non-hydrogen) atoms. The van der Waals surface area contributed by atoms with Gasteiger partial charge >= 0.3 is 18.9 Å². The summed E-state index contributed by atoms with van der Waals surface area (Å²) in [6.45, 7) is 1.20. The van der Waals surface area contributed by atoms with Crippen LogP contribution < -0.4 is 29.7 Å². The molecule has 0 aliphatic carbocycles. The summed E-state index contributed by atoms with van der Waals surface area (Å²) in [6.07, 6.45) is 0. The molecule has 0 fully saturated rings. The summed E-state index contributed by atoms with van der Waals surface area (Å²) in [5, 5.41) is 9.75. The minimum atomic E-state index is -1.41. The number of aliphatic carboxylic acids is 1. The van der Waals surface area contributed by atoms with Crippen LogP contribution in [-0.4, -0.2) is 12.0 Å². The molecule has 0 bridgehead atoms. The molecule has 36 valence electrons. The Bertz CT molecular complexity index is 99.8. The molecule has 0 spiro atoms. The van der Waals surface area contributed by atoms with Crippen molar-refractivity contribution in [3.8, 4) is 0 Å². The Morgan fingerprint density at radius 2 is 2.57 bits per heavy atom. The zero-order valence-electron chi connectivity index (χ0n) is 6.34. The van der Waals surface area contributed by atoms with E-state index in [9.17, 15) is 9.90 Å². The third kappa shape index (κ3) is 6.03. The molecule has 0 saturated carbocycles. The van der Waals surface area contributed by atoms with E-state index in [0.717, 1.165) is 0 Å². The molecule has 0 unspecified atom stereocenters. The molecule has 0 saturated heterocycles. The number of carboxylic acids is 1. The van der Waals surface area contributed by atoms with Gasteiger partial charge in [0.25, 0.3) is 0 Å². The van der Waals surface area contributed by atoms with Gasteiger partial charge < -0.3 is 15.6 Å². The molecular weight excluding hydrogens is 89.0 g/mol. The van der Waals surface area contributed by atoms with E-state index < -0.39 is 12.0 Å². The van der Waals surface area contributed by atoms with Crippen LogP contribution in [0.3, 0.4) is 0 Å². The molecular formula is C3H6LiNO2. The summed E-state index contributed by atoms with van der Waals surface area (Å²) in [7, 11) is 0. The third-order valence-corrected chi connectivity index (χ3v) is 0.341. The maximum Gasteiger partial charge on any atom is 1.00 e. The molecule has 2 N–H and O–H groups in total. The molecule has 0 rings (SSSR count). The van der Waals surface area contributed by atoms with Crippen molar-refractivity contribution in [3.05, 3.63) is 0 Å². The van der Waals surface area contributed by atoms with Crippen LogP contribution in [0.4, 0.5) is 0 Å². The first-order valence-corrected chi connectivity index (χ1v) is 1.53. The molecule has 0 amide bonds. The van der Waals surface area contributed by atoms with Crippen molar-refractivity contribution in [3.63, 3.8) is 0 Å². The number of carboxylic acid groups (broad SMARTS) is 1. The fourth-order valence-corrected chi connectivity index (χ4v) is 0. The summed E-state index contributed by atoms with van der Waals surface area (Å²) < 4.78 is 12.8. The van der Waals surface area contributed by atoms with Crippen LogP contribution in [0.5, 0.6) is 0 Å². The van der Waals surface area contributed by atoms with Crippen molar-refractivity contribution < 1.29 is 31.6 Å². The zero-order valence-corrected chi connectivity index (χ0v) is 4.34. The molecule has 1 atom stereocenters. The van der Waals surface area contributed by atoms with Crippen LogP contribution >= 0.6 is 0 Å². The average Bonchev–Trinajstić information content (AvgIpc) is 1.64. The van der Waals surface area contributed by atoms with Gasteiger partial charge in [-0.25, -0.2) is 0 Å². The Labute approximate surface area is 57.0 Å². The van der Waals surface area contributed by atoms with Crippen molar-refractivity contribution >= 4 is 5.97 Å². The Hall–Kier alpha value is 0.0274. The van der Waals surface area contributed by atoms with Crippen LogP contribution in [0.25, 0.3) is 0 Å². The normalized spacial score (nSPS) is 16.3. The molecule has 4 heteroatoms. The van der Waals surface area contributed by atoms with Crippen molar-refractivity contribution in [2.45, 2.75) is 13.0 Å². The summed E-state index contributed by atoms with van der Waals surface area (Å²) >= 11 is 0. The van der Waals surface area contributed by atoms with Gasteiger partial charge in [0.1, 0.15) is 2.82 Å². The first kappa shape index (κ1) is 5.17. The van der Waals surface area contributed by atoms with Gasteiger partial charge in [-0.15, -0.1) is 0 Å². The van der Waals surface area contributed by atoms with Gasteiger partial charge in [0, 0.05) is 6.04 Å². The van der Waals surface area contributed by atoms with E-state index >= 15 is 0 Å². The van der Waals surface area contributed by atoms with E-state index in [1.54, 1.807) is 0 Å². The smallest absolute Gasteiger partial charge is 0.548 e. The van der Waals surface area contributed by atoms with Gasteiger partial charge in [-0.3, -0.25) is 0 Å². The SMILES string of the molecule is [2H]N([2H])[C@@H](C)C(=O)[O-].[Li+]. The quantitative estimate of drug-likeness (QED) is 0.351. The molecule has 0 aliphatic rings. The fourth-order valence-electron chi connectivity index (χ4n) is 0. The summed E-state index contributed by atoms with van der Waals surface area (Å²) in [5.74, 6) is -1.41. The van der Waals surface area contributed by atoms with E-state index in [4.69, 9.17) is 2.82 Å². The van der Waals surface area contributed by atoms with Crippen molar-refractivity contribution in [2.75, 3.05) is 0 Å². The van der Waals surface area contributed by atoms with Gasteiger partial charge in [-0.05, 0) is 6.92 Å². The van der Waals surface area contributed by atoms with Crippen molar-refractivity contribution in [2.24, 2.45) is 5.72 Å². The largest absolute Gasteiger partial charge is 1.00 e. The molecule has 0 radical (unpaired) electrons. The second-order valence-electron chi connectivity index (χ2n) is 0.995. The van der Waals surface area contributed by atoms with E-state index in [0.29, 0.717) is 0 Å². The van der Waals surface area contributed by atoms with Gasteiger partial charge in [-0.1, -0.05) is 0 Å². The Kier molecular flexibility index (Phi) is 3.10. The average molecular weight is 97.0 g/mol. The van der Waals surface area contributed by atoms with E-state index in [-0.39, 0.29) is 24.6 Å². The zero-order chi connectivity index (χ0) is 6.73. The van der Waals surface area contributed by atoms with Gasteiger partial charge in [0.05, 0.1) is 5.97 Å². The van der Waals surface area contributed by atoms with Crippen LogP contribution in [-0.2, 0) is 4.79 Å². The Balaban J connectivity index is 0. The second kappa shape index (κ2) is 4.19. The number of hydrogen-bond donors (Lipinski definition) is 1. The standard InChI is InChI=1S/C3H7NO2.Li/c1-2(4)3(5)6;/h2H,4H2,1H3,(H,5,6);/q;+1/p-1/t2-;/m0./s1/i/hD2.